The number of amides is 1. The second-order valence-corrected chi connectivity index (χ2v) is 5.29. The third-order valence-electron chi connectivity index (χ3n) is 3.29. The van der Waals surface area contributed by atoms with Crippen molar-refractivity contribution in [2.24, 2.45) is 11.1 Å². The zero-order chi connectivity index (χ0) is 11.3. The smallest absolute Gasteiger partial charge is 0.222 e. The first-order valence-electron chi connectivity index (χ1n) is 6.03. The summed E-state index contributed by atoms with van der Waals surface area (Å²) in [5.41, 5.74) is 5.82. The minimum absolute atomic E-state index is 0. The van der Waals surface area contributed by atoms with Crippen LogP contribution in [0.3, 0.4) is 0 Å². The minimum Gasteiger partial charge on any atom is -0.343 e. The number of likely N-dealkylation sites (tertiary alicyclic amines) is 1. The van der Waals surface area contributed by atoms with E-state index in [0.29, 0.717) is 18.4 Å². The lowest BCUT2D eigenvalue weighted by Crippen LogP contribution is -2.32. The van der Waals surface area contributed by atoms with Crippen molar-refractivity contribution in [3.8, 4) is 0 Å². The zero-order valence-corrected chi connectivity index (χ0v) is 11.3. The van der Waals surface area contributed by atoms with Gasteiger partial charge in [-0.15, -0.1) is 12.4 Å². The number of rotatable bonds is 3. The van der Waals surface area contributed by atoms with E-state index >= 15 is 0 Å². The van der Waals surface area contributed by atoms with Crippen LogP contribution >= 0.6 is 12.4 Å². The summed E-state index contributed by atoms with van der Waals surface area (Å²) in [7, 11) is 0. The highest BCUT2D eigenvalue weighted by Gasteiger charge is 2.24. The van der Waals surface area contributed by atoms with E-state index in [2.05, 4.69) is 13.8 Å². The number of carbonyl (C=O) groups is 1. The van der Waals surface area contributed by atoms with E-state index in [1.807, 2.05) is 4.90 Å². The lowest BCUT2D eigenvalue weighted by Gasteiger charge is -2.23. The van der Waals surface area contributed by atoms with Gasteiger partial charge in [0.1, 0.15) is 0 Å². The molecule has 16 heavy (non-hydrogen) atoms. The highest BCUT2D eigenvalue weighted by Crippen LogP contribution is 2.29. The van der Waals surface area contributed by atoms with Gasteiger partial charge >= 0.3 is 0 Å². The van der Waals surface area contributed by atoms with Gasteiger partial charge in [-0.2, -0.15) is 0 Å². The molecule has 1 aliphatic heterocycles. The number of halogens is 1. The Morgan fingerprint density at radius 1 is 1.31 bits per heavy atom. The van der Waals surface area contributed by atoms with Gasteiger partial charge in [0.15, 0.2) is 0 Å². The summed E-state index contributed by atoms with van der Waals surface area (Å²) in [4.78, 5) is 13.8. The topological polar surface area (TPSA) is 46.3 Å². The average Bonchev–Trinajstić information content (AvgIpc) is 2.36. The Morgan fingerprint density at radius 3 is 2.62 bits per heavy atom. The molecule has 0 radical (unpaired) electrons. The summed E-state index contributed by atoms with van der Waals surface area (Å²) in [6.45, 7) is 7.07. The summed E-state index contributed by atoms with van der Waals surface area (Å²) in [5, 5.41) is 0. The molecule has 0 aromatic carbocycles. The molecule has 0 atom stereocenters. The number of hydrogen-bond donors (Lipinski definition) is 1. The van der Waals surface area contributed by atoms with Crippen LogP contribution in [0.5, 0.6) is 0 Å². The van der Waals surface area contributed by atoms with E-state index in [9.17, 15) is 4.79 Å². The van der Waals surface area contributed by atoms with Gasteiger partial charge in [0.05, 0.1) is 0 Å². The second kappa shape index (κ2) is 7.13. The molecule has 1 fully saturated rings. The first kappa shape index (κ1) is 15.7. The maximum atomic E-state index is 11.8. The quantitative estimate of drug-likeness (QED) is 0.832. The van der Waals surface area contributed by atoms with E-state index in [4.69, 9.17) is 5.73 Å². The normalized spacial score (nSPS) is 19.8. The molecule has 0 aromatic rings. The van der Waals surface area contributed by atoms with Crippen molar-refractivity contribution in [2.75, 3.05) is 19.6 Å². The summed E-state index contributed by atoms with van der Waals surface area (Å²) >= 11 is 0. The molecule has 2 N–H and O–H groups in total. The number of nitrogens with two attached hydrogens (primary N) is 1. The molecule has 0 unspecified atom stereocenters. The van der Waals surface area contributed by atoms with Gasteiger partial charge in [-0.25, -0.2) is 0 Å². The first-order valence-corrected chi connectivity index (χ1v) is 6.03. The van der Waals surface area contributed by atoms with Crippen molar-refractivity contribution in [3.05, 3.63) is 0 Å². The lowest BCUT2D eigenvalue weighted by atomic mass is 9.85. The molecular formula is C12H25ClN2O. The molecular weight excluding hydrogens is 224 g/mol. The Morgan fingerprint density at radius 2 is 2.00 bits per heavy atom. The predicted molar refractivity (Wildman–Crippen MR) is 69.7 cm³/mol. The standard InChI is InChI=1S/C12H24N2O.ClH/c1-12(2)6-4-9-14(10-7-12)11(15)5-3-8-13;/h3-10,13H2,1-2H3;1H. The average molecular weight is 249 g/mol. The van der Waals surface area contributed by atoms with E-state index in [-0.39, 0.29) is 18.3 Å². The molecule has 1 heterocycles. The van der Waals surface area contributed by atoms with Crippen LogP contribution in [-0.4, -0.2) is 30.4 Å². The van der Waals surface area contributed by atoms with Crippen molar-refractivity contribution in [2.45, 2.75) is 46.0 Å². The van der Waals surface area contributed by atoms with Crippen LogP contribution in [0.2, 0.25) is 0 Å². The molecule has 0 aromatic heterocycles. The van der Waals surface area contributed by atoms with Gasteiger partial charge in [0.25, 0.3) is 0 Å². The Balaban J connectivity index is 0.00000225. The minimum atomic E-state index is 0. The Hall–Kier alpha value is -0.280. The molecule has 0 aliphatic carbocycles. The van der Waals surface area contributed by atoms with Crippen LogP contribution in [0.25, 0.3) is 0 Å². The van der Waals surface area contributed by atoms with Gasteiger partial charge in [0, 0.05) is 19.5 Å². The molecule has 1 amide bonds. The Kier molecular flexibility index (Phi) is 7.00. The highest BCUT2D eigenvalue weighted by molar-refractivity contribution is 5.85. The van der Waals surface area contributed by atoms with Gasteiger partial charge < -0.3 is 10.6 Å². The molecule has 0 bridgehead atoms. The zero-order valence-electron chi connectivity index (χ0n) is 10.5. The van der Waals surface area contributed by atoms with Gasteiger partial charge in [-0.3, -0.25) is 4.79 Å². The molecule has 0 spiro atoms. The maximum absolute atomic E-state index is 11.8. The van der Waals surface area contributed by atoms with Crippen molar-refractivity contribution in [1.82, 2.24) is 4.90 Å². The van der Waals surface area contributed by atoms with E-state index < -0.39 is 0 Å². The third kappa shape index (κ3) is 5.17. The van der Waals surface area contributed by atoms with E-state index in [1.54, 1.807) is 0 Å². The second-order valence-electron chi connectivity index (χ2n) is 5.29. The summed E-state index contributed by atoms with van der Waals surface area (Å²) < 4.78 is 0. The summed E-state index contributed by atoms with van der Waals surface area (Å²) in [6, 6.07) is 0. The van der Waals surface area contributed by atoms with Crippen LogP contribution in [0, 0.1) is 5.41 Å². The third-order valence-corrected chi connectivity index (χ3v) is 3.29. The van der Waals surface area contributed by atoms with Crippen molar-refractivity contribution >= 4 is 18.3 Å². The monoisotopic (exact) mass is 248 g/mol. The SMILES string of the molecule is CC1(C)CCCN(C(=O)CCCN)CC1.Cl. The molecule has 96 valence electrons. The largest absolute Gasteiger partial charge is 0.343 e. The Labute approximate surface area is 105 Å². The molecule has 1 rings (SSSR count). The predicted octanol–water partition coefficient (Wildman–Crippen LogP) is 2.19. The number of carbonyl (C=O) groups excluding carboxylic acids is 1. The lowest BCUT2D eigenvalue weighted by molar-refractivity contribution is -0.131. The summed E-state index contributed by atoms with van der Waals surface area (Å²) in [6.07, 6.45) is 4.94. The van der Waals surface area contributed by atoms with Crippen molar-refractivity contribution in [3.63, 3.8) is 0 Å². The van der Waals surface area contributed by atoms with Crippen LogP contribution in [0.4, 0.5) is 0 Å². The van der Waals surface area contributed by atoms with Crippen molar-refractivity contribution < 1.29 is 4.79 Å². The number of hydrogen-bond acceptors (Lipinski definition) is 2. The van der Waals surface area contributed by atoms with Crippen LogP contribution in [-0.2, 0) is 4.79 Å². The Bertz CT molecular complexity index is 219. The molecule has 1 saturated heterocycles. The van der Waals surface area contributed by atoms with Gasteiger partial charge in [-0.05, 0) is 37.6 Å². The molecule has 0 saturated carbocycles. The van der Waals surface area contributed by atoms with Gasteiger partial charge in [-0.1, -0.05) is 13.8 Å². The molecule has 4 heteroatoms. The van der Waals surface area contributed by atoms with Gasteiger partial charge in [0.2, 0.25) is 5.91 Å². The highest BCUT2D eigenvalue weighted by atomic mass is 35.5. The molecule has 3 nitrogen and oxygen atoms in total. The number of nitrogens with zero attached hydrogens (tertiary/aromatic N) is 1. The first-order chi connectivity index (χ1) is 7.05. The fraction of sp³-hybridized carbons (Fsp3) is 0.917. The van der Waals surface area contributed by atoms with E-state index in [0.717, 1.165) is 32.4 Å². The summed E-state index contributed by atoms with van der Waals surface area (Å²) in [5.74, 6) is 0.290. The van der Waals surface area contributed by atoms with Crippen LogP contribution < -0.4 is 5.73 Å². The fourth-order valence-corrected chi connectivity index (χ4v) is 2.08. The molecule has 1 aliphatic rings. The maximum Gasteiger partial charge on any atom is 0.222 e. The van der Waals surface area contributed by atoms with E-state index in [1.165, 1.54) is 6.42 Å². The van der Waals surface area contributed by atoms with Crippen molar-refractivity contribution in [1.29, 1.82) is 0 Å². The van der Waals surface area contributed by atoms with Crippen LogP contribution in [0.1, 0.15) is 46.0 Å². The fourth-order valence-electron chi connectivity index (χ4n) is 2.08. The van der Waals surface area contributed by atoms with Crippen LogP contribution in [0.15, 0.2) is 0 Å².